The Morgan fingerprint density at radius 2 is 1.70 bits per heavy atom. The van der Waals surface area contributed by atoms with Crippen LogP contribution in [-0.4, -0.2) is 15.0 Å². The van der Waals surface area contributed by atoms with Gasteiger partial charge in [-0.05, 0) is 23.6 Å². The van der Waals surface area contributed by atoms with Crippen LogP contribution < -0.4 is 0 Å². The van der Waals surface area contributed by atoms with Crippen LogP contribution in [0.5, 0.6) is 0 Å². The van der Waals surface area contributed by atoms with Crippen molar-refractivity contribution in [2.75, 3.05) is 0 Å². The van der Waals surface area contributed by atoms with Gasteiger partial charge in [0.25, 0.3) is 0 Å². The highest BCUT2D eigenvalue weighted by Crippen LogP contribution is 2.22. The molecule has 0 spiro atoms. The maximum atomic E-state index is 4.63. The smallest absolute Gasteiger partial charge is 0.159 e. The minimum absolute atomic E-state index is 0.752. The second-order valence-electron chi connectivity index (χ2n) is 4.69. The van der Waals surface area contributed by atoms with Crippen molar-refractivity contribution >= 4 is 21.7 Å². The van der Waals surface area contributed by atoms with Crippen LogP contribution in [0.2, 0.25) is 0 Å². The Bertz CT molecular complexity index is 838. The standard InChI is InChI=1S/C17H11N3/c1-2-4-16-15(3-1)11-19-17(20-16)13-5-6-14-10-18-8-7-12(14)9-13/h1-11H. The first-order chi connectivity index (χ1) is 9.90. The van der Waals surface area contributed by atoms with Crippen LogP contribution in [0.25, 0.3) is 33.1 Å². The molecule has 4 aromatic rings. The number of para-hydroxylation sites is 1. The first-order valence-corrected chi connectivity index (χ1v) is 6.46. The lowest BCUT2D eigenvalue weighted by Gasteiger charge is -2.04. The van der Waals surface area contributed by atoms with E-state index in [0.717, 1.165) is 33.1 Å². The number of hydrogen-bond donors (Lipinski definition) is 0. The molecule has 0 N–H and O–H groups in total. The molecule has 3 heteroatoms. The van der Waals surface area contributed by atoms with E-state index in [9.17, 15) is 0 Å². The SMILES string of the molecule is c1ccc2nc(-c3ccc4cnccc4c3)ncc2c1. The highest BCUT2D eigenvalue weighted by molar-refractivity contribution is 5.86. The average molecular weight is 257 g/mol. The summed E-state index contributed by atoms with van der Waals surface area (Å²) in [4.78, 5) is 13.2. The zero-order valence-corrected chi connectivity index (χ0v) is 10.7. The van der Waals surface area contributed by atoms with Gasteiger partial charge in [0.2, 0.25) is 0 Å². The topological polar surface area (TPSA) is 38.7 Å². The van der Waals surface area contributed by atoms with E-state index >= 15 is 0 Å². The predicted octanol–water partition coefficient (Wildman–Crippen LogP) is 3.85. The minimum Gasteiger partial charge on any atom is -0.264 e. The lowest BCUT2D eigenvalue weighted by Crippen LogP contribution is -1.89. The van der Waals surface area contributed by atoms with Gasteiger partial charge in [0, 0.05) is 34.9 Å². The van der Waals surface area contributed by atoms with E-state index in [4.69, 9.17) is 0 Å². The number of hydrogen-bond acceptors (Lipinski definition) is 3. The second kappa shape index (κ2) is 4.38. The van der Waals surface area contributed by atoms with E-state index in [1.807, 2.05) is 48.8 Å². The van der Waals surface area contributed by atoms with E-state index < -0.39 is 0 Å². The van der Waals surface area contributed by atoms with Gasteiger partial charge in [-0.2, -0.15) is 0 Å². The molecule has 2 aromatic heterocycles. The first-order valence-electron chi connectivity index (χ1n) is 6.46. The molecule has 4 rings (SSSR count). The normalized spacial score (nSPS) is 11.0. The molecular formula is C17H11N3. The molecule has 0 amide bonds. The zero-order valence-electron chi connectivity index (χ0n) is 10.7. The molecule has 2 heterocycles. The third-order valence-corrected chi connectivity index (χ3v) is 3.39. The lowest BCUT2D eigenvalue weighted by atomic mass is 10.1. The predicted molar refractivity (Wildman–Crippen MR) is 80.3 cm³/mol. The van der Waals surface area contributed by atoms with Crippen LogP contribution in [0.3, 0.4) is 0 Å². The Morgan fingerprint density at radius 1 is 0.750 bits per heavy atom. The maximum absolute atomic E-state index is 4.63. The van der Waals surface area contributed by atoms with Crippen LogP contribution >= 0.6 is 0 Å². The van der Waals surface area contributed by atoms with Crippen LogP contribution in [0, 0.1) is 0 Å². The second-order valence-corrected chi connectivity index (χ2v) is 4.69. The number of aromatic nitrogens is 3. The number of nitrogens with zero attached hydrogens (tertiary/aromatic N) is 3. The van der Waals surface area contributed by atoms with Crippen LogP contribution in [0.15, 0.2) is 67.1 Å². The Hall–Kier alpha value is -2.81. The van der Waals surface area contributed by atoms with Crippen molar-refractivity contribution in [2.45, 2.75) is 0 Å². The van der Waals surface area contributed by atoms with E-state index in [0.29, 0.717) is 0 Å². The molecule has 0 fully saturated rings. The van der Waals surface area contributed by atoms with E-state index in [-0.39, 0.29) is 0 Å². The van der Waals surface area contributed by atoms with Gasteiger partial charge in [-0.25, -0.2) is 9.97 Å². The molecule has 0 saturated carbocycles. The van der Waals surface area contributed by atoms with Crippen molar-refractivity contribution in [3.63, 3.8) is 0 Å². The van der Waals surface area contributed by atoms with E-state index in [1.54, 1.807) is 6.20 Å². The molecular weight excluding hydrogens is 246 g/mol. The van der Waals surface area contributed by atoms with Crippen molar-refractivity contribution in [1.29, 1.82) is 0 Å². The van der Waals surface area contributed by atoms with Gasteiger partial charge in [-0.15, -0.1) is 0 Å². The third-order valence-electron chi connectivity index (χ3n) is 3.39. The summed E-state index contributed by atoms with van der Waals surface area (Å²) in [7, 11) is 0. The maximum Gasteiger partial charge on any atom is 0.159 e. The van der Waals surface area contributed by atoms with Crippen molar-refractivity contribution in [3.05, 3.63) is 67.1 Å². The summed E-state index contributed by atoms with van der Waals surface area (Å²) in [6, 6.07) is 16.2. The molecule has 94 valence electrons. The van der Waals surface area contributed by atoms with Crippen LogP contribution in [-0.2, 0) is 0 Å². The van der Waals surface area contributed by atoms with E-state index in [1.165, 1.54) is 0 Å². The summed E-state index contributed by atoms with van der Waals surface area (Å²) >= 11 is 0. The number of rotatable bonds is 1. The van der Waals surface area contributed by atoms with Crippen molar-refractivity contribution < 1.29 is 0 Å². The van der Waals surface area contributed by atoms with Gasteiger partial charge in [-0.1, -0.05) is 30.3 Å². The molecule has 0 aliphatic heterocycles. The van der Waals surface area contributed by atoms with E-state index in [2.05, 4.69) is 27.1 Å². The highest BCUT2D eigenvalue weighted by atomic mass is 14.9. The Kier molecular flexibility index (Phi) is 2.42. The molecule has 0 aliphatic carbocycles. The number of benzene rings is 2. The quantitative estimate of drug-likeness (QED) is 0.520. The zero-order chi connectivity index (χ0) is 13.4. The molecule has 0 aliphatic rings. The largest absolute Gasteiger partial charge is 0.264 e. The Labute approximate surface area is 116 Å². The number of pyridine rings is 1. The molecule has 2 aromatic carbocycles. The summed E-state index contributed by atoms with van der Waals surface area (Å²) in [6.45, 7) is 0. The van der Waals surface area contributed by atoms with Crippen LogP contribution in [0.4, 0.5) is 0 Å². The van der Waals surface area contributed by atoms with Gasteiger partial charge in [0.05, 0.1) is 5.52 Å². The molecule has 0 radical (unpaired) electrons. The fourth-order valence-electron chi connectivity index (χ4n) is 2.33. The van der Waals surface area contributed by atoms with Gasteiger partial charge < -0.3 is 0 Å². The van der Waals surface area contributed by atoms with Crippen molar-refractivity contribution in [1.82, 2.24) is 15.0 Å². The fourth-order valence-corrected chi connectivity index (χ4v) is 2.33. The van der Waals surface area contributed by atoms with Gasteiger partial charge in [0.1, 0.15) is 0 Å². The summed E-state index contributed by atoms with van der Waals surface area (Å²) < 4.78 is 0. The summed E-state index contributed by atoms with van der Waals surface area (Å²) in [5, 5.41) is 3.33. The Morgan fingerprint density at radius 3 is 2.70 bits per heavy atom. The summed E-state index contributed by atoms with van der Waals surface area (Å²) in [5.41, 5.74) is 1.99. The van der Waals surface area contributed by atoms with Crippen molar-refractivity contribution in [3.8, 4) is 11.4 Å². The molecule has 0 saturated heterocycles. The van der Waals surface area contributed by atoms with Crippen molar-refractivity contribution in [2.24, 2.45) is 0 Å². The molecule has 0 unspecified atom stereocenters. The van der Waals surface area contributed by atoms with Gasteiger partial charge >= 0.3 is 0 Å². The summed E-state index contributed by atoms with van der Waals surface area (Å²) in [5.74, 6) is 0.752. The highest BCUT2D eigenvalue weighted by Gasteiger charge is 2.04. The number of fused-ring (bicyclic) bond motifs is 2. The molecule has 20 heavy (non-hydrogen) atoms. The molecule has 3 nitrogen and oxygen atoms in total. The van der Waals surface area contributed by atoms with Crippen LogP contribution in [0.1, 0.15) is 0 Å². The molecule has 0 bridgehead atoms. The molecule has 0 atom stereocenters. The Balaban J connectivity index is 1.91. The monoisotopic (exact) mass is 257 g/mol. The first kappa shape index (κ1) is 11.1. The van der Waals surface area contributed by atoms with Gasteiger partial charge in [-0.3, -0.25) is 4.98 Å². The third kappa shape index (κ3) is 1.80. The fraction of sp³-hybridized carbons (Fsp3) is 0. The average Bonchev–Trinajstić information content (AvgIpc) is 2.54. The lowest BCUT2D eigenvalue weighted by molar-refractivity contribution is 1.23. The van der Waals surface area contributed by atoms with Gasteiger partial charge in [0.15, 0.2) is 5.82 Å². The summed E-state index contributed by atoms with van der Waals surface area (Å²) in [6.07, 6.45) is 5.53. The minimum atomic E-state index is 0.752.